The Balaban J connectivity index is 0.00000180. The van der Waals surface area contributed by atoms with E-state index in [0.29, 0.717) is 12.1 Å². The average molecular weight is 305 g/mol. The summed E-state index contributed by atoms with van der Waals surface area (Å²) in [5.74, 6) is -0.144. The average Bonchev–Trinajstić information content (AvgIpc) is 2.81. The van der Waals surface area contributed by atoms with E-state index in [1.54, 1.807) is 12.1 Å². The zero-order chi connectivity index (χ0) is 13.2. The molecule has 7 heteroatoms. The van der Waals surface area contributed by atoms with Gasteiger partial charge in [0, 0.05) is 18.2 Å². The fourth-order valence-corrected chi connectivity index (χ4v) is 3.24. The van der Waals surface area contributed by atoms with E-state index in [1.807, 2.05) is 0 Å². The summed E-state index contributed by atoms with van der Waals surface area (Å²) in [5.41, 5.74) is 0.405. The van der Waals surface area contributed by atoms with Gasteiger partial charge in [-0.25, -0.2) is 13.1 Å². The standard InChI is InChI=1S/C12H16N2O3S.ClH/c1-9(15)10-3-2-4-12(7-10)18(16,17)14-11-5-6-13-8-11;/h2-4,7,11,13-14H,5-6,8H2,1H3;1H. The van der Waals surface area contributed by atoms with Crippen molar-refractivity contribution in [1.82, 2.24) is 10.0 Å². The first-order valence-electron chi connectivity index (χ1n) is 5.83. The molecular weight excluding hydrogens is 288 g/mol. The van der Waals surface area contributed by atoms with Crippen molar-refractivity contribution in [1.29, 1.82) is 0 Å². The van der Waals surface area contributed by atoms with Crippen LogP contribution in [0.3, 0.4) is 0 Å². The van der Waals surface area contributed by atoms with Crippen LogP contribution in [0.4, 0.5) is 0 Å². The number of sulfonamides is 1. The first-order valence-corrected chi connectivity index (χ1v) is 7.31. The lowest BCUT2D eigenvalue weighted by molar-refractivity contribution is 0.101. The fourth-order valence-electron chi connectivity index (χ4n) is 1.92. The molecule has 1 aliphatic heterocycles. The van der Waals surface area contributed by atoms with Gasteiger partial charge in [-0.2, -0.15) is 0 Å². The second-order valence-corrected chi connectivity index (χ2v) is 6.11. The lowest BCUT2D eigenvalue weighted by Gasteiger charge is -2.12. The highest BCUT2D eigenvalue weighted by Gasteiger charge is 2.22. The van der Waals surface area contributed by atoms with Gasteiger partial charge < -0.3 is 5.32 Å². The van der Waals surface area contributed by atoms with Gasteiger partial charge in [-0.05, 0) is 32.0 Å². The number of Topliss-reactive ketones (excluding diaryl/α,β-unsaturated/α-hetero) is 1. The molecular formula is C12H17ClN2O3S. The number of nitrogens with one attached hydrogen (secondary N) is 2. The van der Waals surface area contributed by atoms with Gasteiger partial charge in [-0.3, -0.25) is 4.79 Å². The van der Waals surface area contributed by atoms with Crippen molar-refractivity contribution in [2.45, 2.75) is 24.3 Å². The molecule has 1 unspecified atom stereocenters. The summed E-state index contributed by atoms with van der Waals surface area (Å²) >= 11 is 0. The third-order valence-electron chi connectivity index (χ3n) is 2.93. The Morgan fingerprint density at radius 2 is 2.16 bits per heavy atom. The number of carbonyl (C=O) groups excluding carboxylic acids is 1. The van der Waals surface area contributed by atoms with E-state index < -0.39 is 10.0 Å². The van der Waals surface area contributed by atoms with Crippen LogP contribution in [0.15, 0.2) is 29.2 Å². The third kappa shape index (κ3) is 4.01. The van der Waals surface area contributed by atoms with Gasteiger partial charge in [0.1, 0.15) is 0 Å². The maximum Gasteiger partial charge on any atom is 0.240 e. The highest BCUT2D eigenvalue weighted by molar-refractivity contribution is 7.89. The summed E-state index contributed by atoms with van der Waals surface area (Å²) in [4.78, 5) is 11.4. The number of ketones is 1. The van der Waals surface area contributed by atoms with Crippen molar-refractivity contribution in [3.05, 3.63) is 29.8 Å². The maximum absolute atomic E-state index is 12.1. The Hall–Kier alpha value is -0.950. The van der Waals surface area contributed by atoms with Crippen molar-refractivity contribution in [2.75, 3.05) is 13.1 Å². The van der Waals surface area contributed by atoms with Crippen molar-refractivity contribution >= 4 is 28.2 Å². The molecule has 2 rings (SSSR count). The van der Waals surface area contributed by atoms with Crippen LogP contribution >= 0.6 is 12.4 Å². The van der Waals surface area contributed by atoms with E-state index >= 15 is 0 Å². The molecule has 1 aliphatic rings. The Morgan fingerprint density at radius 3 is 2.74 bits per heavy atom. The summed E-state index contributed by atoms with van der Waals surface area (Å²) in [6.45, 7) is 2.88. The Kier molecular flexibility index (Phi) is 5.49. The molecule has 1 fully saturated rings. The lowest BCUT2D eigenvalue weighted by atomic mass is 10.2. The molecule has 19 heavy (non-hydrogen) atoms. The molecule has 0 bridgehead atoms. The van der Waals surface area contributed by atoms with E-state index in [0.717, 1.165) is 13.0 Å². The van der Waals surface area contributed by atoms with E-state index in [9.17, 15) is 13.2 Å². The molecule has 5 nitrogen and oxygen atoms in total. The molecule has 0 amide bonds. The van der Waals surface area contributed by atoms with Crippen LogP contribution in [0.1, 0.15) is 23.7 Å². The summed E-state index contributed by atoms with van der Waals surface area (Å²) in [7, 11) is -3.54. The Bertz CT molecular complexity index is 554. The minimum atomic E-state index is -3.54. The largest absolute Gasteiger partial charge is 0.315 e. The van der Waals surface area contributed by atoms with E-state index in [4.69, 9.17) is 0 Å². The van der Waals surface area contributed by atoms with E-state index in [-0.39, 0.29) is 29.1 Å². The summed E-state index contributed by atoms with van der Waals surface area (Å²) < 4.78 is 26.9. The number of carbonyl (C=O) groups is 1. The molecule has 0 aliphatic carbocycles. The van der Waals surface area contributed by atoms with Crippen LogP contribution in [0.25, 0.3) is 0 Å². The van der Waals surface area contributed by atoms with Gasteiger partial charge in [0.25, 0.3) is 0 Å². The molecule has 1 heterocycles. The van der Waals surface area contributed by atoms with Crippen molar-refractivity contribution in [2.24, 2.45) is 0 Å². The smallest absolute Gasteiger partial charge is 0.240 e. The first kappa shape index (κ1) is 16.1. The number of hydrogen-bond donors (Lipinski definition) is 2. The predicted octanol–water partition coefficient (Wildman–Crippen LogP) is 0.951. The zero-order valence-corrected chi connectivity index (χ0v) is 12.2. The zero-order valence-electron chi connectivity index (χ0n) is 10.5. The Labute approximate surface area is 119 Å². The topological polar surface area (TPSA) is 75.3 Å². The van der Waals surface area contributed by atoms with E-state index in [2.05, 4.69) is 10.0 Å². The molecule has 0 saturated carbocycles. The third-order valence-corrected chi connectivity index (χ3v) is 4.45. The van der Waals surface area contributed by atoms with Gasteiger partial charge in [0.05, 0.1) is 4.90 Å². The lowest BCUT2D eigenvalue weighted by Crippen LogP contribution is -2.36. The van der Waals surface area contributed by atoms with Crippen molar-refractivity contribution in [3.8, 4) is 0 Å². The molecule has 0 radical (unpaired) electrons. The summed E-state index contributed by atoms with van der Waals surface area (Å²) in [5, 5.41) is 3.09. The van der Waals surface area contributed by atoms with Crippen LogP contribution in [0.2, 0.25) is 0 Å². The molecule has 106 valence electrons. The minimum Gasteiger partial charge on any atom is -0.315 e. The summed E-state index contributed by atoms with van der Waals surface area (Å²) in [6.07, 6.45) is 0.783. The number of halogens is 1. The number of rotatable bonds is 4. The van der Waals surface area contributed by atoms with Crippen molar-refractivity contribution in [3.63, 3.8) is 0 Å². The summed E-state index contributed by atoms with van der Waals surface area (Å²) in [6, 6.07) is 6.02. The van der Waals surface area contributed by atoms with Crippen LogP contribution in [-0.4, -0.2) is 33.3 Å². The van der Waals surface area contributed by atoms with Crippen LogP contribution in [-0.2, 0) is 10.0 Å². The van der Waals surface area contributed by atoms with Gasteiger partial charge >= 0.3 is 0 Å². The second-order valence-electron chi connectivity index (χ2n) is 4.40. The number of hydrogen-bond acceptors (Lipinski definition) is 4. The Morgan fingerprint density at radius 1 is 1.42 bits per heavy atom. The number of benzene rings is 1. The van der Waals surface area contributed by atoms with E-state index in [1.165, 1.54) is 19.1 Å². The maximum atomic E-state index is 12.1. The predicted molar refractivity (Wildman–Crippen MR) is 75.3 cm³/mol. The van der Waals surface area contributed by atoms with Crippen LogP contribution in [0, 0.1) is 0 Å². The SMILES string of the molecule is CC(=O)c1cccc(S(=O)(=O)NC2CCNC2)c1.Cl. The normalized spacial score (nSPS) is 18.9. The molecule has 1 aromatic carbocycles. The monoisotopic (exact) mass is 304 g/mol. The van der Waals surface area contributed by atoms with Crippen LogP contribution in [0.5, 0.6) is 0 Å². The molecule has 0 aromatic heterocycles. The minimum absolute atomic E-state index is 0. The van der Waals surface area contributed by atoms with Gasteiger partial charge in [-0.15, -0.1) is 12.4 Å². The van der Waals surface area contributed by atoms with Crippen LogP contribution < -0.4 is 10.0 Å². The molecule has 1 atom stereocenters. The highest BCUT2D eigenvalue weighted by atomic mass is 35.5. The van der Waals surface area contributed by atoms with Gasteiger partial charge in [-0.1, -0.05) is 12.1 Å². The quantitative estimate of drug-likeness (QED) is 0.812. The van der Waals surface area contributed by atoms with Gasteiger partial charge in [0.15, 0.2) is 5.78 Å². The molecule has 2 N–H and O–H groups in total. The first-order chi connectivity index (χ1) is 8.49. The second kappa shape index (κ2) is 6.47. The van der Waals surface area contributed by atoms with Gasteiger partial charge in [0.2, 0.25) is 10.0 Å². The molecule has 1 aromatic rings. The van der Waals surface area contributed by atoms with Crippen molar-refractivity contribution < 1.29 is 13.2 Å². The highest BCUT2D eigenvalue weighted by Crippen LogP contribution is 2.13. The molecule has 1 saturated heterocycles. The molecule has 0 spiro atoms. The fraction of sp³-hybridized carbons (Fsp3) is 0.417.